The highest BCUT2D eigenvalue weighted by Crippen LogP contribution is 2.17. The van der Waals surface area contributed by atoms with E-state index < -0.39 is 6.04 Å². The van der Waals surface area contributed by atoms with Gasteiger partial charge in [0.05, 0.1) is 12.6 Å². The zero-order valence-electron chi connectivity index (χ0n) is 12.1. The lowest BCUT2D eigenvalue weighted by Crippen LogP contribution is -2.47. The topological polar surface area (TPSA) is 84.2 Å². The van der Waals surface area contributed by atoms with Gasteiger partial charge in [-0.2, -0.15) is 0 Å². The molecule has 5 heteroatoms. The largest absolute Gasteiger partial charge is 0.352 e. The van der Waals surface area contributed by atoms with E-state index in [0.717, 1.165) is 12.8 Å². The molecule has 110 valence electrons. The van der Waals surface area contributed by atoms with E-state index in [2.05, 4.69) is 10.6 Å². The smallest absolute Gasteiger partial charge is 0.239 e. The molecule has 1 rings (SSSR count). The fourth-order valence-corrected chi connectivity index (χ4v) is 2.44. The number of hydrogen-bond acceptors (Lipinski definition) is 3. The maximum atomic E-state index is 11.7. The van der Waals surface area contributed by atoms with Crippen molar-refractivity contribution in [1.82, 2.24) is 10.6 Å². The van der Waals surface area contributed by atoms with E-state index in [4.69, 9.17) is 5.73 Å². The van der Waals surface area contributed by atoms with Crippen molar-refractivity contribution in [2.24, 2.45) is 11.7 Å². The molecule has 1 aliphatic rings. The van der Waals surface area contributed by atoms with Crippen LogP contribution >= 0.6 is 0 Å². The van der Waals surface area contributed by atoms with E-state index in [1.807, 2.05) is 13.8 Å². The van der Waals surface area contributed by atoms with Gasteiger partial charge in [-0.3, -0.25) is 9.59 Å². The number of carbonyl (C=O) groups is 2. The molecule has 0 aliphatic heterocycles. The van der Waals surface area contributed by atoms with Crippen molar-refractivity contribution in [2.75, 3.05) is 6.54 Å². The summed E-state index contributed by atoms with van der Waals surface area (Å²) < 4.78 is 0. The van der Waals surface area contributed by atoms with E-state index in [0.29, 0.717) is 12.3 Å². The zero-order chi connectivity index (χ0) is 14.3. The predicted molar refractivity (Wildman–Crippen MR) is 75.5 cm³/mol. The molecule has 1 fully saturated rings. The molecule has 0 unspecified atom stereocenters. The minimum absolute atomic E-state index is 0.0289. The van der Waals surface area contributed by atoms with Crippen LogP contribution in [-0.4, -0.2) is 30.4 Å². The van der Waals surface area contributed by atoms with E-state index in [1.165, 1.54) is 19.3 Å². The Morgan fingerprint density at radius 2 is 1.84 bits per heavy atom. The lowest BCUT2D eigenvalue weighted by molar-refractivity contribution is -0.127. The van der Waals surface area contributed by atoms with Crippen LogP contribution in [0.15, 0.2) is 0 Å². The molecule has 5 nitrogen and oxygen atoms in total. The molecular formula is C14H27N3O2. The molecule has 2 amide bonds. The molecule has 0 spiro atoms. The Hall–Kier alpha value is -1.10. The molecule has 1 aliphatic carbocycles. The van der Waals surface area contributed by atoms with Crippen LogP contribution in [0.4, 0.5) is 0 Å². The first-order valence-corrected chi connectivity index (χ1v) is 7.31. The fraction of sp³-hybridized carbons (Fsp3) is 0.857. The van der Waals surface area contributed by atoms with Crippen LogP contribution in [0.25, 0.3) is 0 Å². The summed E-state index contributed by atoms with van der Waals surface area (Å²) in [5.41, 5.74) is 5.74. The lowest BCUT2D eigenvalue weighted by atomic mass is 9.95. The summed E-state index contributed by atoms with van der Waals surface area (Å²) in [7, 11) is 0. The zero-order valence-corrected chi connectivity index (χ0v) is 12.1. The molecule has 0 aromatic carbocycles. The van der Waals surface area contributed by atoms with E-state index in [1.54, 1.807) is 0 Å². The number of hydrogen-bond donors (Lipinski definition) is 3. The maximum absolute atomic E-state index is 11.7. The summed E-state index contributed by atoms with van der Waals surface area (Å²) in [6.45, 7) is 4.06. The second kappa shape index (κ2) is 8.15. The van der Waals surface area contributed by atoms with Crippen molar-refractivity contribution in [3.8, 4) is 0 Å². The summed E-state index contributed by atoms with van der Waals surface area (Å²) in [6, 6.07) is -0.245. The maximum Gasteiger partial charge on any atom is 0.239 e. The Morgan fingerprint density at radius 3 is 2.42 bits per heavy atom. The molecule has 0 bridgehead atoms. The van der Waals surface area contributed by atoms with Crippen LogP contribution in [0.1, 0.15) is 52.4 Å². The van der Waals surface area contributed by atoms with Crippen molar-refractivity contribution in [3.63, 3.8) is 0 Å². The summed E-state index contributed by atoms with van der Waals surface area (Å²) in [5.74, 6) is 0.0151. The Kier molecular flexibility index (Phi) is 6.84. The van der Waals surface area contributed by atoms with Crippen molar-refractivity contribution < 1.29 is 9.59 Å². The first-order valence-electron chi connectivity index (χ1n) is 7.31. The number of rotatable bonds is 6. The minimum Gasteiger partial charge on any atom is -0.352 e. The molecule has 0 aromatic rings. The molecular weight excluding hydrogens is 242 g/mol. The number of nitrogens with one attached hydrogen (secondary N) is 2. The van der Waals surface area contributed by atoms with Gasteiger partial charge in [0, 0.05) is 6.04 Å². The van der Waals surface area contributed by atoms with Crippen LogP contribution in [0.3, 0.4) is 0 Å². The summed E-state index contributed by atoms with van der Waals surface area (Å²) in [4.78, 5) is 23.4. The normalized spacial score (nSPS) is 18.1. The molecule has 19 heavy (non-hydrogen) atoms. The van der Waals surface area contributed by atoms with Gasteiger partial charge in [-0.15, -0.1) is 0 Å². The molecule has 0 aromatic heterocycles. The standard InChI is InChI=1S/C14H27N3O2/c1-10(2)8-12(15)14(19)16-9-13(18)17-11-6-4-3-5-7-11/h10-12H,3-9,15H2,1-2H3,(H,16,19)(H,17,18)/t12-/m0/s1. The van der Waals surface area contributed by atoms with E-state index in [9.17, 15) is 9.59 Å². The molecule has 0 heterocycles. The van der Waals surface area contributed by atoms with Gasteiger partial charge in [0.25, 0.3) is 0 Å². The quantitative estimate of drug-likeness (QED) is 0.670. The van der Waals surface area contributed by atoms with Crippen molar-refractivity contribution in [3.05, 3.63) is 0 Å². The van der Waals surface area contributed by atoms with Crippen LogP contribution in [0.2, 0.25) is 0 Å². The highest BCUT2D eigenvalue weighted by atomic mass is 16.2. The Balaban J connectivity index is 2.19. The van der Waals surface area contributed by atoms with Gasteiger partial charge in [-0.1, -0.05) is 33.1 Å². The molecule has 0 saturated heterocycles. The van der Waals surface area contributed by atoms with Crippen LogP contribution in [0, 0.1) is 5.92 Å². The van der Waals surface area contributed by atoms with Crippen LogP contribution < -0.4 is 16.4 Å². The van der Waals surface area contributed by atoms with Gasteiger partial charge in [-0.05, 0) is 25.2 Å². The third-order valence-electron chi connectivity index (χ3n) is 3.46. The molecule has 4 N–H and O–H groups in total. The second-order valence-electron chi connectivity index (χ2n) is 5.86. The Labute approximate surface area is 115 Å². The molecule has 0 radical (unpaired) electrons. The first kappa shape index (κ1) is 16.0. The van der Waals surface area contributed by atoms with Gasteiger partial charge < -0.3 is 16.4 Å². The van der Waals surface area contributed by atoms with Gasteiger partial charge in [-0.25, -0.2) is 0 Å². The summed E-state index contributed by atoms with van der Waals surface area (Å²) in [5, 5.41) is 5.56. The van der Waals surface area contributed by atoms with Crippen molar-refractivity contribution in [1.29, 1.82) is 0 Å². The van der Waals surface area contributed by atoms with E-state index in [-0.39, 0.29) is 24.4 Å². The monoisotopic (exact) mass is 269 g/mol. The second-order valence-corrected chi connectivity index (χ2v) is 5.86. The average molecular weight is 269 g/mol. The Bertz CT molecular complexity index is 299. The van der Waals surface area contributed by atoms with Gasteiger partial charge in [0.15, 0.2) is 0 Å². The third-order valence-corrected chi connectivity index (χ3v) is 3.46. The van der Waals surface area contributed by atoms with E-state index >= 15 is 0 Å². The third kappa shape index (κ3) is 6.57. The van der Waals surface area contributed by atoms with Gasteiger partial charge in [0.1, 0.15) is 0 Å². The van der Waals surface area contributed by atoms with Gasteiger partial charge >= 0.3 is 0 Å². The number of carbonyl (C=O) groups excluding carboxylic acids is 2. The van der Waals surface area contributed by atoms with Crippen LogP contribution in [0.5, 0.6) is 0 Å². The highest BCUT2D eigenvalue weighted by molar-refractivity contribution is 5.87. The molecule has 1 saturated carbocycles. The van der Waals surface area contributed by atoms with Crippen molar-refractivity contribution in [2.45, 2.75) is 64.5 Å². The average Bonchev–Trinajstić information content (AvgIpc) is 2.36. The highest BCUT2D eigenvalue weighted by Gasteiger charge is 2.18. The minimum atomic E-state index is -0.525. The fourth-order valence-electron chi connectivity index (χ4n) is 2.44. The lowest BCUT2D eigenvalue weighted by Gasteiger charge is -2.23. The van der Waals surface area contributed by atoms with Crippen molar-refractivity contribution >= 4 is 11.8 Å². The summed E-state index contributed by atoms with van der Waals surface area (Å²) in [6.07, 6.45) is 6.34. The molecule has 1 atom stereocenters. The Morgan fingerprint density at radius 1 is 1.21 bits per heavy atom. The first-order chi connectivity index (χ1) is 8.99. The number of amides is 2. The number of nitrogens with two attached hydrogens (primary N) is 1. The van der Waals surface area contributed by atoms with Gasteiger partial charge in [0.2, 0.25) is 11.8 Å². The summed E-state index contributed by atoms with van der Waals surface area (Å²) >= 11 is 0. The predicted octanol–water partition coefficient (Wildman–Crippen LogP) is 0.925. The SMILES string of the molecule is CC(C)C[C@H](N)C(=O)NCC(=O)NC1CCCCC1. The van der Waals surface area contributed by atoms with Crippen LogP contribution in [-0.2, 0) is 9.59 Å².